The molecular weight excluding hydrogens is 271 g/mol. The minimum Gasteiger partial charge on any atom is -0.491 e. The van der Waals surface area contributed by atoms with Gasteiger partial charge in [-0.25, -0.2) is 4.39 Å². The molecule has 4 unspecified atom stereocenters. The van der Waals surface area contributed by atoms with Crippen molar-refractivity contribution in [3.63, 3.8) is 0 Å². The van der Waals surface area contributed by atoms with E-state index in [-0.39, 0.29) is 23.6 Å². The Kier molecular flexibility index (Phi) is 3.85. The largest absolute Gasteiger partial charge is 0.491 e. The maximum Gasteiger partial charge on any atom is 0.229 e. The second-order valence-electron chi connectivity index (χ2n) is 6.00. The van der Waals surface area contributed by atoms with Gasteiger partial charge in [0.2, 0.25) is 5.91 Å². The van der Waals surface area contributed by atoms with E-state index < -0.39 is 5.82 Å². The van der Waals surface area contributed by atoms with Gasteiger partial charge in [0.25, 0.3) is 0 Å². The molecule has 0 saturated heterocycles. The summed E-state index contributed by atoms with van der Waals surface area (Å²) in [5.74, 6) is 0.371. The van der Waals surface area contributed by atoms with Gasteiger partial charge in [0.05, 0.1) is 12.5 Å². The van der Waals surface area contributed by atoms with Crippen LogP contribution in [0.1, 0.15) is 26.2 Å². The van der Waals surface area contributed by atoms with Crippen LogP contribution >= 0.6 is 0 Å². The number of ether oxygens (including phenoxy) is 1. The second kappa shape index (κ2) is 5.64. The molecule has 2 saturated carbocycles. The Morgan fingerprint density at radius 1 is 1.43 bits per heavy atom. The Balaban J connectivity index is 1.69. The molecular formula is C16H21FN2O2. The van der Waals surface area contributed by atoms with E-state index in [9.17, 15) is 9.18 Å². The van der Waals surface area contributed by atoms with Crippen molar-refractivity contribution in [3.8, 4) is 5.75 Å². The van der Waals surface area contributed by atoms with E-state index in [0.717, 1.165) is 19.3 Å². The normalized spacial score (nSPS) is 30.4. The first-order chi connectivity index (χ1) is 10.1. The Morgan fingerprint density at radius 3 is 2.81 bits per heavy atom. The van der Waals surface area contributed by atoms with Crippen molar-refractivity contribution in [2.75, 3.05) is 11.9 Å². The zero-order valence-corrected chi connectivity index (χ0v) is 12.1. The number of carbonyl (C=O) groups is 1. The molecule has 1 aromatic rings. The SMILES string of the molecule is CCOc1ccc(NC(=O)C2C3CCC(C3)C2N)cc1F. The summed E-state index contributed by atoms with van der Waals surface area (Å²) >= 11 is 0. The van der Waals surface area contributed by atoms with Crippen LogP contribution < -0.4 is 15.8 Å². The molecule has 114 valence electrons. The lowest BCUT2D eigenvalue weighted by molar-refractivity contribution is -0.121. The van der Waals surface area contributed by atoms with Gasteiger partial charge in [0.15, 0.2) is 11.6 Å². The minimum atomic E-state index is -0.466. The van der Waals surface area contributed by atoms with Crippen molar-refractivity contribution in [1.29, 1.82) is 0 Å². The lowest BCUT2D eigenvalue weighted by Crippen LogP contribution is -2.42. The maximum atomic E-state index is 13.8. The Bertz CT molecular complexity index is 547. The third-order valence-electron chi connectivity index (χ3n) is 4.78. The first-order valence-corrected chi connectivity index (χ1v) is 7.59. The number of fused-ring (bicyclic) bond motifs is 2. The van der Waals surface area contributed by atoms with Crippen molar-refractivity contribution in [2.24, 2.45) is 23.5 Å². The van der Waals surface area contributed by atoms with Gasteiger partial charge in [0, 0.05) is 17.8 Å². The quantitative estimate of drug-likeness (QED) is 0.896. The van der Waals surface area contributed by atoms with Gasteiger partial charge < -0.3 is 15.8 Å². The van der Waals surface area contributed by atoms with Crippen LogP contribution in [0.4, 0.5) is 10.1 Å². The van der Waals surface area contributed by atoms with Gasteiger partial charge in [-0.1, -0.05) is 0 Å². The number of benzene rings is 1. The predicted molar refractivity (Wildman–Crippen MR) is 78.5 cm³/mol. The highest BCUT2D eigenvalue weighted by Gasteiger charge is 2.49. The predicted octanol–water partition coefficient (Wildman–Crippen LogP) is 2.54. The summed E-state index contributed by atoms with van der Waals surface area (Å²) in [5.41, 5.74) is 6.61. The van der Waals surface area contributed by atoms with Crippen molar-refractivity contribution in [3.05, 3.63) is 24.0 Å². The van der Waals surface area contributed by atoms with E-state index >= 15 is 0 Å². The number of halogens is 1. The number of nitrogens with two attached hydrogens (primary N) is 1. The number of carbonyl (C=O) groups excluding carboxylic acids is 1. The highest BCUT2D eigenvalue weighted by molar-refractivity contribution is 5.93. The fourth-order valence-electron chi connectivity index (χ4n) is 3.80. The minimum absolute atomic E-state index is 0.0590. The molecule has 4 nitrogen and oxygen atoms in total. The molecule has 2 bridgehead atoms. The third kappa shape index (κ3) is 2.62. The maximum absolute atomic E-state index is 13.8. The van der Waals surface area contributed by atoms with Crippen LogP contribution in [-0.2, 0) is 4.79 Å². The summed E-state index contributed by atoms with van der Waals surface area (Å²) in [4.78, 5) is 12.4. The molecule has 2 aliphatic carbocycles. The molecule has 21 heavy (non-hydrogen) atoms. The van der Waals surface area contributed by atoms with Crippen LogP contribution in [0.5, 0.6) is 5.75 Å². The third-order valence-corrected chi connectivity index (χ3v) is 4.78. The molecule has 0 aromatic heterocycles. The number of nitrogens with one attached hydrogen (secondary N) is 1. The lowest BCUT2D eigenvalue weighted by atomic mass is 9.84. The van der Waals surface area contributed by atoms with Crippen LogP contribution in [0.3, 0.4) is 0 Å². The van der Waals surface area contributed by atoms with E-state index in [1.807, 2.05) is 0 Å². The molecule has 0 radical (unpaired) electrons. The molecule has 0 heterocycles. The molecule has 0 spiro atoms. The van der Waals surface area contributed by atoms with Crippen LogP contribution in [0.2, 0.25) is 0 Å². The van der Waals surface area contributed by atoms with Crippen molar-refractivity contribution < 1.29 is 13.9 Å². The molecule has 2 fully saturated rings. The molecule has 1 amide bonds. The fraction of sp³-hybridized carbons (Fsp3) is 0.562. The smallest absolute Gasteiger partial charge is 0.229 e. The Morgan fingerprint density at radius 2 is 2.19 bits per heavy atom. The van der Waals surface area contributed by atoms with E-state index in [1.165, 1.54) is 12.1 Å². The number of hydrogen-bond donors (Lipinski definition) is 2. The summed E-state index contributed by atoms with van der Waals surface area (Å²) < 4.78 is 18.9. The summed E-state index contributed by atoms with van der Waals surface area (Å²) in [7, 11) is 0. The van der Waals surface area contributed by atoms with Gasteiger partial charge in [-0.2, -0.15) is 0 Å². The fourth-order valence-corrected chi connectivity index (χ4v) is 3.80. The molecule has 1 aromatic carbocycles. The summed E-state index contributed by atoms with van der Waals surface area (Å²) in [5, 5.41) is 2.79. The molecule has 0 aliphatic heterocycles. The van der Waals surface area contributed by atoms with Gasteiger partial charge in [-0.3, -0.25) is 4.79 Å². The molecule has 3 rings (SSSR count). The van der Waals surface area contributed by atoms with Crippen molar-refractivity contribution >= 4 is 11.6 Å². The number of anilines is 1. The Hall–Kier alpha value is -1.62. The highest BCUT2D eigenvalue weighted by Crippen LogP contribution is 2.47. The van der Waals surface area contributed by atoms with Crippen LogP contribution in [-0.4, -0.2) is 18.6 Å². The van der Waals surface area contributed by atoms with Gasteiger partial charge in [0.1, 0.15) is 0 Å². The molecule has 4 atom stereocenters. The summed E-state index contributed by atoms with van der Waals surface area (Å²) in [6, 6.07) is 4.43. The van der Waals surface area contributed by atoms with E-state index in [2.05, 4.69) is 5.32 Å². The molecule has 3 N–H and O–H groups in total. The van der Waals surface area contributed by atoms with Crippen LogP contribution in [0.15, 0.2) is 18.2 Å². The highest BCUT2D eigenvalue weighted by atomic mass is 19.1. The Labute approximate surface area is 123 Å². The van der Waals surface area contributed by atoms with Crippen LogP contribution in [0.25, 0.3) is 0 Å². The monoisotopic (exact) mass is 292 g/mol. The van der Waals surface area contributed by atoms with Crippen molar-refractivity contribution in [1.82, 2.24) is 0 Å². The topological polar surface area (TPSA) is 64.3 Å². The zero-order valence-electron chi connectivity index (χ0n) is 12.1. The van der Waals surface area contributed by atoms with E-state index in [4.69, 9.17) is 10.5 Å². The summed E-state index contributed by atoms with van der Waals surface area (Å²) in [6.45, 7) is 2.20. The van der Waals surface area contributed by atoms with E-state index in [1.54, 1.807) is 13.0 Å². The van der Waals surface area contributed by atoms with Crippen LogP contribution in [0, 0.1) is 23.6 Å². The van der Waals surface area contributed by atoms with Crippen molar-refractivity contribution in [2.45, 2.75) is 32.2 Å². The molecule has 2 aliphatic rings. The summed E-state index contributed by atoms with van der Waals surface area (Å²) in [6.07, 6.45) is 3.26. The standard InChI is InChI=1S/C16H21FN2O2/c1-2-21-13-6-5-11(8-12(13)17)19-16(20)14-9-3-4-10(7-9)15(14)18/h5-6,8-10,14-15H,2-4,7,18H2,1H3,(H,19,20). The van der Waals surface area contributed by atoms with Gasteiger partial charge in [-0.15, -0.1) is 0 Å². The number of rotatable bonds is 4. The lowest BCUT2D eigenvalue weighted by Gasteiger charge is -2.27. The average Bonchev–Trinajstić information content (AvgIpc) is 3.02. The molecule has 5 heteroatoms. The number of hydrogen-bond acceptors (Lipinski definition) is 3. The zero-order chi connectivity index (χ0) is 15.0. The number of amides is 1. The first kappa shape index (κ1) is 14.3. The van der Waals surface area contributed by atoms with Gasteiger partial charge >= 0.3 is 0 Å². The van der Waals surface area contributed by atoms with E-state index in [0.29, 0.717) is 24.1 Å². The first-order valence-electron chi connectivity index (χ1n) is 7.59. The van der Waals surface area contributed by atoms with Gasteiger partial charge in [-0.05, 0) is 50.2 Å². The second-order valence-corrected chi connectivity index (χ2v) is 6.00. The average molecular weight is 292 g/mol.